The van der Waals surface area contributed by atoms with Crippen molar-refractivity contribution >= 4 is 17.5 Å². The average molecular weight is 241 g/mol. The van der Waals surface area contributed by atoms with Crippen molar-refractivity contribution in [1.82, 2.24) is 4.90 Å². The molecule has 0 unspecified atom stereocenters. The molecule has 0 radical (unpaired) electrons. The monoisotopic (exact) mass is 240 g/mol. The van der Waals surface area contributed by atoms with Crippen molar-refractivity contribution in [3.63, 3.8) is 0 Å². The van der Waals surface area contributed by atoms with E-state index in [-0.39, 0.29) is 17.1 Å². The zero-order chi connectivity index (χ0) is 12.1. The number of carbonyl (C=O) groups excluding carboxylic acids is 1. The third-order valence-corrected chi connectivity index (χ3v) is 2.32. The number of amides is 1. The van der Waals surface area contributed by atoms with Gasteiger partial charge in [0, 0.05) is 11.6 Å². The first-order valence-corrected chi connectivity index (χ1v) is 5.09. The van der Waals surface area contributed by atoms with E-state index < -0.39 is 11.7 Å². The van der Waals surface area contributed by atoms with Gasteiger partial charge in [-0.3, -0.25) is 4.79 Å². The van der Waals surface area contributed by atoms with Crippen LogP contribution in [-0.4, -0.2) is 23.9 Å². The van der Waals surface area contributed by atoms with E-state index in [0.29, 0.717) is 6.54 Å². The van der Waals surface area contributed by atoms with Crippen LogP contribution in [0.3, 0.4) is 0 Å². The molecule has 3 nitrogen and oxygen atoms in total. The predicted molar refractivity (Wildman–Crippen MR) is 58.6 cm³/mol. The number of nitrogens with zero attached hydrogens (tertiary/aromatic N) is 2. The molecule has 0 saturated heterocycles. The van der Waals surface area contributed by atoms with E-state index in [1.807, 2.05) is 6.07 Å². The normalized spacial score (nSPS) is 9.62. The number of halogens is 2. The van der Waals surface area contributed by atoms with Crippen LogP contribution in [0.2, 0.25) is 5.02 Å². The van der Waals surface area contributed by atoms with Crippen molar-refractivity contribution in [3.05, 3.63) is 34.6 Å². The van der Waals surface area contributed by atoms with E-state index in [1.165, 1.54) is 17.0 Å². The Hall–Kier alpha value is -1.60. The van der Waals surface area contributed by atoms with Crippen LogP contribution in [0.1, 0.15) is 17.3 Å². The van der Waals surface area contributed by atoms with E-state index in [4.69, 9.17) is 16.9 Å². The summed E-state index contributed by atoms with van der Waals surface area (Å²) in [5.41, 5.74) is -0.107. The molecule has 0 bridgehead atoms. The Bertz CT molecular complexity index is 442. The highest BCUT2D eigenvalue weighted by Crippen LogP contribution is 2.16. The SMILES string of the molecule is CCN(CC#N)C(=O)c1cc(Cl)ccc1F. The molecule has 0 aliphatic rings. The molecular weight excluding hydrogens is 231 g/mol. The fraction of sp³-hybridized carbons (Fsp3) is 0.273. The van der Waals surface area contributed by atoms with Gasteiger partial charge in [-0.25, -0.2) is 4.39 Å². The molecule has 16 heavy (non-hydrogen) atoms. The van der Waals surface area contributed by atoms with Gasteiger partial charge in [0.15, 0.2) is 0 Å². The van der Waals surface area contributed by atoms with E-state index >= 15 is 0 Å². The van der Waals surface area contributed by atoms with E-state index in [1.54, 1.807) is 6.92 Å². The quantitative estimate of drug-likeness (QED) is 0.762. The van der Waals surface area contributed by atoms with Crippen molar-refractivity contribution < 1.29 is 9.18 Å². The number of nitriles is 1. The van der Waals surface area contributed by atoms with Crippen LogP contribution in [0.25, 0.3) is 0 Å². The molecular formula is C11H10ClFN2O. The largest absolute Gasteiger partial charge is 0.326 e. The van der Waals surface area contributed by atoms with Gasteiger partial charge in [-0.05, 0) is 25.1 Å². The summed E-state index contributed by atoms with van der Waals surface area (Å²) in [6.07, 6.45) is 0. The summed E-state index contributed by atoms with van der Waals surface area (Å²) in [5.74, 6) is -1.16. The zero-order valence-electron chi connectivity index (χ0n) is 8.70. The Morgan fingerprint density at radius 2 is 2.31 bits per heavy atom. The molecule has 0 aliphatic heterocycles. The molecule has 0 aliphatic carbocycles. The van der Waals surface area contributed by atoms with Gasteiger partial charge >= 0.3 is 0 Å². The molecule has 0 heterocycles. The average Bonchev–Trinajstić information content (AvgIpc) is 2.28. The first kappa shape index (κ1) is 12.5. The smallest absolute Gasteiger partial charge is 0.257 e. The summed E-state index contributed by atoms with van der Waals surface area (Å²) in [5, 5.41) is 8.81. The molecule has 0 saturated carbocycles. The Morgan fingerprint density at radius 3 is 2.88 bits per heavy atom. The lowest BCUT2D eigenvalue weighted by Crippen LogP contribution is -2.31. The lowest BCUT2D eigenvalue weighted by Gasteiger charge is -2.17. The maximum absolute atomic E-state index is 13.4. The maximum atomic E-state index is 13.4. The number of hydrogen-bond donors (Lipinski definition) is 0. The van der Waals surface area contributed by atoms with Crippen molar-refractivity contribution in [3.8, 4) is 6.07 Å². The summed E-state index contributed by atoms with van der Waals surface area (Å²) in [6.45, 7) is 2.00. The van der Waals surface area contributed by atoms with Gasteiger partial charge in [0.1, 0.15) is 12.4 Å². The molecule has 0 spiro atoms. The van der Waals surface area contributed by atoms with E-state index in [9.17, 15) is 9.18 Å². The molecule has 84 valence electrons. The Kier molecular flexibility index (Phi) is 4.27. The Balaban J connectivity index is 3.03. The maximum Gasteiger partial charge on any atom is 0.257 e. The predicted octanol–water partition coefficient (Wildman–Crippen LogP) is 2.46. The summed E-state index contributed by atoms with van der Waals surface area (Å²) in [6, 6.07) is 5.62. The molecule has 0 N–H and O–H groups in total. The first-order valence-electron chi connectivity index (χ1n) is 4.71. The van der Waals surface area contributed by atoms with Gasteiger partial charge in [-0.2, -0.15) is 5.26 Å². The second-order valence-corrected chi connectivity index (χ2v) is 3.54. The molecule has 1 rings (SSSR count). The molecule has 1 aromatic rings. The van der Waals surface area contributed by atoms with Gasteiger partial charge in [0.05, 0.1) is 11.6 Å². The lowest BCUT2D eigenvalue weighted by atomic mass is 10.2. The summed E-state index contributed by atoms with van der Waals surface area (Å²) in [7, 11) is 0. The molecule has 1 aromatic carbocycles. The van der Waals surface area contributed by atoms with Crippen molar-refractivity contribution in [1.29, 1.82) is 5.26 Å². The van der Waals surface area contributed by atoms with Crippen molar-refractivity contribution in [2.75, 3.05) is 13.1 Å². The number of carbonyl (C=O) groups is 1. The number of hydrogen-bond acceptors (Lipinski definition) is 2. The molecule has 5 heteroatoms. The van der Waals surface area contributed by atoms with Gasteiger partial charge in [0.2, 0.25) is 0 Å². The van der Waals surface area contributed by atoms with E-state index in [2.05, 4.69) is 0 Å². The first-order chi connectivity index (χ1) is 7.60. The van der Waals surface area contributed by atoms with Crippen LogP contribution in [0.5, 0.6) is 0 Å². The third-order valence-electron chi connectivity index (χ3n) is 2.09. The molecule has 0 atom stereocenters. The van der Waals surface area contributed by atoms with Gasteiger partial charge in [-0.1, -0.05) is 11.6 Å². The van der Waals surface area contributed by atoms with Crippen molar-refractivity contribution in [2.24, 2.45) is 0 Å². The minimum absolute atomic E-state index is 0.0682. The summed E-state index contributed by atoms with van der Waals surface area (Å²) in [4.78, 5) is 13.1. The fourth-order valence-electron chi connectivity index (χ4n) is 1.24. The van der Waals surface area contributed by atoms with Gasteiger partial charge in [-0.15, -0.1) is 0 Å². The second-order valence-electron chi connectivity index (χ2n) is 3.10. The van der Waals surface area contributed by atoms with Gasteiger partial charge < -0.3 is 4.90 Å². The van der Waals surface area contributed by atoms with Crippen LogP contribution >= 0.6 is 11.6 Å². The standard InChI is InChI=1S/C11H10ClFN2O/c1-2-15(6-5-14)11(16)9-7-8(12)3-4-10(9)13/h3-4,7H,2,6H2,1H3. The zero-order valence-corrected chi connectivity index (χ0v) is 9.46. The second kappa shape index (κ2) is 5.47. The number of rotatable bonds is 3. The summed E-state index contributed by atoms with van der Waals surface area (Å²) >= 11 is 5.68. The third kappa shape index (κ3) is 2.71. The Morgan fingerprint density at radius 1 is 1.62 bits per heavy atom. The minimum atomic E-state index is -0.634. The highest BCUT2D eigenvalue weighted by Gasteiger charge is 2.17. The van der Waals surface area contributed by atoms with Crippen LogP contribution in [-0.2, 0) is 0 Å². The topological polar surface area (TPSA) is 44.1 Å². The molecule has 0 aromatic heterocycles. The fourth-order valence-corrected chi connectivity index (χ4v) is 1.42. The van der Waals surface area contributed by atoms with Crippen LogP contribution in [0, 0.1) is 17.1 Å². The highest BCUT2D eigenvalue weighted by molar-refractivity contribution is 6.31. The molecule has 1 amide bonds. The summed E-state index contributed by atoms with van der Waals surface area (Å²) < 4.78 is 13.4. The van der Waals surface area contributed by atoms with Gasteiger partial charge in [0.25, 0.3) is 5.91 Å². The van der Waals surface area contributed by atoms with Crippen LogP contribution in [0.15, 0.2) is 18.2 Å². The van der Waals surface area contributed by atoms with E-state index in [0.717, 1.165) is 6.07 Å². The lowest BCUT2D eigenvalue weighted by molar-refractivity contribution is 0.0779. The number of benzene rings is 1. The highest BCUT2D eigenvalue weighted by atomic mass is 35.5. The molecule has 0 fully saturated rings. The Labute approximate surface area is 98.0 Å². The van der Waals surface area contributed by atoms with Crippen LogP contribution < -0.4 is 0 Å². The van der Waals surface area contributed by atoms with Crippen molar-refractivity contribution in [2.45, 2.75) is 6.92 Å². The van der Waals surface area contributed by atoms with Crippen LogP contribution in [0.4, 0.5) is 4.39 Å². The minimum Gasteiger partial charge on any atom is -0.326 e.